The van der Waals surface area contributed by atoms with Crippen LogP contribution in [0.5, 0.6) is 0 Å². The van der Waals surface area contributed by atoms with Gasteiger partial charge in [0.1, 0.15) is 0 Å². The van der Waals surface area contributed by atoms with Gasteiger partial charge in [0.2, 0.25) is 0 Å². The van der Waals surface area contributed by atoms with E-state index >= 15 is 0 Å². The van der Waals surface area contributed by atoms with E-state index < -0.39 is 11.7 Å². The predicted molar refractivity (Wildman–Crippen MR) is 53.0 cm³/mol. The molecular weight excluding hydrogens is 190 g/mol. The molecule has 0 radical (unpaired) electrons. The van der Waals surface area contributed by atoms with Crippen LogP contribution in [0.1, 0.15) is 19.8 Å². The highest BCUT2D eigenvalue weighted by molar-refractivity contribution is 6.18. The Kier molecular flexibility index (Phi) is 3.98. The summed E-state index contributed by atoms with van der Waals surface area (Å²) in [5.74, 6) is 0.263. The molecule has 0 aromatic carbocycles. The molecule has 1 heterocycles. The van der Waals surface area contributed by atoms with Gasteiger partial charge in [0.15, 0.2) is 0 Å². The summed E-state index contributed by atoms with van der Waals surface area (Å²) in [6, 6.07) is 0. The van der Waals surface area contributed by atoms with Gasteiger partial charge in [0, 0.05) is 19.0 Å². The third-order valence-corrected chi connectivity index (χ3v) is 2.76. The van der Waals surface area contributed by atoms with E-state index in [1.165, 1.54) is 0 Å². The van der Waals surface area contributed by atoms with E-state index in [9.17, 15) is 10.2 Å². The molecule has 2 atom stereocenters. The largest absolute Gasteiger partial charge is 0.391 e. The molecular formula is C9H18ClNO2. The molecule has 4 heteroatoms. The summed E-state index contributed by atoms with van der Waals surface area (Å²) in [6.45, 7) is 4.00. The number of aliphatic hydroxyl groups is 2. The third-order valence-electron chi connectivity index (χ3n) is 2.40. The number of hydrogen-bond donors (Lipinski definition) is 2. The first kappa shape index (κ1) is 11.2. The standard InChI is InChI=1S/C9H18ClNO2/c1-9(13)3-2-4-11(7-9)6-8(12)5-10/h8,12-13H,2-7H2,1H3. The minimum atomic E-state index is -0.593. The van der Waals surface area contributed by atoms with E-state index in [1.54, 1.807) is 0 Å². The normalized spacial score (nSPS) is 33.2. The minimum Gasteiger partial charge on any atom is -0.391 e. The topological polar surface area (TPSA) is 43.7 Å². The number of aliphatic hydroxyl groups excluding tert-OH is 1. The number of rotatable bonds is 3. The van der Waals surface area contributed by atoms with Crippen LogP contribution in [-0.2, 0) is 0 Å². The van der Waals surface area contributed by atoms with Crippen molar-refractivity contribution in [2.24, 2.45) is 0 Å². The lowest BCUT2D eigenvalue weighted by atomic mass is 9.95. The minimum absolute atomic E-state index is 0.263. The van der Waals surface area contributed by atoms with Crippen LogP contribution in [0, 0.1) is 0 Å². The van der Waals surface area contributed by atoms with E-state index in [4.69, 9.17) is 11.6 Å². The fourth-order valence-electron chi connectivity index (χ4n) is 1.83. The van der Waals surface area contributed by atoms with Crippen LogP contribution in [0.3, 0.4) is 0 Å². The average Bonchev–Trinajstić information content (AvgIpc) is 2.02. The fourth-order valence-corrected chi connectivity index (χ4v) is 1.92. The molecule has 1 fully saturated rings. The van der Waals surface area contributed by atoms with E-state index in [-0.39, 0.29) is 5.88 Å². The van der Waals surface area contributed by atoms with Gasteiger partial charge in [-0.05, 0) is 26.3 Å². The van der Waals surface area contributed by atoms with Crippen molar-refractivity contribution < 1.29 is 10.2 Å². The van der Waals surface area contributed by atoms with Crippen LogP contribution >= 0.6 is 11.6 Å². The number of piperidine rings is 1. The van der Waals surface area contributed by atoms with Crippen LogP contribution < -0.4 is 0 Å². The monoisotopic (exact) mass is 207 g/mol. The number of halogens is 1. The SMILES string of the molecule is CC1(O)CCCN(CC(O)CCl)C1. The molecule has 1 aliphatic rings. The Morgan fingerprint density at radius 1 is 1.62 bits per heavy atom. The lowest BCUT2D eigenvalue weighted by Gasteiger charge is -2.37. The van der Waals surface area contributed by atoms with Gasteiger partial charge in [-0.2, -0.15) is 0 Å². The second-order valence-corrected chi connectivity index (χ2v) is 4.45. The molecule has 0 amide bonds. The summed E-state index contributed by atoms with van der Waals surface area (Å²) in [5, 5.41) is 19.1. The fraction of sp³-hybridized carbons (Fsp3) is 1.00. The molecule has 0 bridgehead atoms. The highest BCUT2D eigenvalue weighted by atomic mass is 35.5. The molecule has 3 nitrogen and oxygen atoms in total. The molecule has 13 heavy (non-hydrogen) atoms. The Morgan fingerprint density at radius 2 is 2.31 bits per heavy atom. The molecule has 1 aliphatic heterocycles. The molecule has 0 spiro atoms. The Morgan fingerprint density at radius 3 is 2.85 bits per heavy atom. The van der Waals surface area contributed by atoms with Crippen molar-refractivity contribution in [2.75, 3.05) is 25.5 Å². The van der Waals surface area contributed by atoms with Gasteiger partial charge in [0.25, 0.3) is 0 Å². The molecule has 1 saturated heterocycles. The van der Waals surface area contributed by atoms with E-state index in [0.717, 1.165) is 19.4 Å². The zero-order valence-corrected chi connectivity index (χ0v) is 8.80. The quantitative estimate of drug-likeness (QED) is 0.660. The first-order valence-electron chi connectivity index (χ1n) is 4.72. The summed E-state index contributed by atoms with van der Waals surface area (Å²) in [4.78, 5) is 2.07. The summed E-state index contributed by atoms with van der Waals surface area (Å²) >= 11 is 5.50. The van der Waals surface area contributed by atoms with Crippen molar-refractivity contribution in [3.8, 4) is 0 Å². The highest BCUT2D eigenvalue weighted by Gasteiger charge is 2.28. The van der Waals surface area contributed by atoms with Crippen molar-refractivity contribution in [1.29, 1.82) is 0 Å². The van der Waals surface area contributed by atoms with Gasteiger partial charge in [-0.25, -0.2) is 0 Å². The molecule has 0 aromatic heterocycles. The van der Waals surface area contributed by atoms with Crippen molar-refractivity contribution >= 4 is 11.6 Å². The lowest BCUT2D eigenvalue weighted by molar-refractivity contribution is -0.0257. The third kappa shape index (κ3) is 3.81. The summed E-state index contributed by atoms with van der Waals surface area (Å²) in [6.07, 6.45) is 1.36. The van der Waals surface area contributed by atoms with Crippen molar-refractivity contribution in [3.05, 3.63) is 0 Å². The van der Waals surface area contributed by atoms with Gasteiger partial charge in [0.05, 0.1) is 11.7 Å². The smallest absolute Gasteiger partial charge is 0.0802 e. The van der Waals surface area contributed by atoms with Crippen LogP contribution in [0.4, 0.5) is 0 Å². The van der Waals surface area contributed by atoms with Gasteiger partial charge >= 0.3 is 0 Å². The molecule has 2 N–H and O–H groups in total. The predicted octanol–water partition coefficient (Wildman–Crippen LogP) is 0.433. The zero-order valence-electron chi connectivity index (χ0n) is 8.04. The summed E-state index contributed by atoms with van der Waals surface area (Å²) in [5.41, 5.74) is -0.593. The lowest BCUT2D eigenvalue weighted by Crippen LogP contribution is -2.48. The first-order chi connectivity index (χ1) is 6.03. The molecule has 2 unspecified atom stereocenters. The average molecular weight is 208 g/mol. The molecule has 0 aliphatic carbocycles. The Hall–Kier alpha value is 0.170. The van der Waals surface area contributed by atoms with E-state index in [2.05, 4.69) is 4.90 Å². The van der Waals surface area contributed by atoms with Crippen LogP contribution in [0.25, 0.3) is 0 Å². The van der Waals surface area contributed by atoms with Crippen LogP contribution in [-0.4, -0.2) is 52.3 Å². The molecule has 0 saturated carbocycles. The number of likely N-dealkylation sites (tertiary alicyclic amines) is 1. The van der Waals surface area contributed by atoms with E-state index in [0.29, 0.717) is 13.1 Å². The number of alkyl halides is 1. The second-order valence-electron chi connectivity index (χ2n) is 4.14. The highest BCUT2D eigenvalue weighted by Crippen LogP contribution is 2.20. The Bertz CT molecular complexity index is 164. The van der Waals surface area contributed by atoms with Crippen molar-refractivity contribution in [2.45, 2.75) is 31.5 Å². The first-order valence-corrected chi connectivity index (χ1v) is 5.26. The maximum atomic E-state index is 9.77. The second kappa shape index (κ2) is 4.60. The summed E-state index contributed by atoms with van der Waals surface area (Å²) in [7, 11) is 0. The summed E-state index contributed by atoms with van der Waals surface area (Å²) < 4.78 is 0. The maximum Gasteiger partial charge on any atom is 0.0802 e. The van der Waals surface area contributed by atoms with E-state index in [1.807, 2.05) is 6.92 Å². The van der Waals surface area contributed by atoms with Gasteiger partial charge in [-0.3, -0.25) is 4.90 Å². The van der Waals surface area contributed by atoms with Crippen molar-refractivity contribution in [3.63, 3.8) is 0 Å². The molecule has 0 aromatic rings. The van der Waals surface area contributed by atoms with Crippen LogP contribution in [0.2, 0.25) is 0 Å². The maximum absolute atomic E-state index is 9.77. The van der Waals surface area contributed by atoms with Gasteiger partial charge in [-0.1, -0.05) is 0 Å². The zero-order chi connectivity index (χ0) is 9.90. The van der Waals surface area contributed by atoms with Crippen LogP contribution in [0.15, 0.2) is 0 Å². The number of β-amino-alcohol motifs (C(OH)–C–C–N with tert-alkyl or cyclic N) is 2. The van der Waals surface area contributed by atoms with Crippen molar-refractivity contribution in [1.82, 2.24) is 4.90 Å². The van der Waals surface area contributed by atoms with Gasteiger partial charge in [-0.15, -0.1) is 11.6 Å². The Labute approximate surface area is 84.3 Å². The number of nitrogens with zero attached hydrogens (tertiary/aromatic N) is 1. The molecule has 78 valence electrons. The number of hydrogen-bond acceptors (Lipinski definition) is 3. The van der Waals surface area contributed by atoms with Gasteiger partial charge < -0.3 is 10.2 Å². The Balaban J connectivity index is 2.34. The molecule has 1 rings (SSSR count).